The Hall–Kier alpha value is -1.26. The van der Waals surface area contributed by atoms with E-state index in [9.17, 15) is 0 Å². The highest BCUT2D eigenvalue weighted by atomic mass is 35.5. The van der Waals surface area contributed by atoms with Gasteiger partial charge in [0.1, 0.15) is 0 Å². The summed E-state index contributed by atoms with van der Waals surface area (Å²) in [6.07, 6.45) is 3.46. The molecule has 0 saturated heterocycles. The number of halogens is 1. The Morgan fingerprint density at radius 1 is 1.29 bits per heavy atom. The fourth-order valence-corrected chi connectivity index (χ4v) is 2.17. The first-order valence-corrected chi connectivity index (χ1v) is 6.51. The number of nitrogens with zero attached hydrogens (tertiary/aromatic N) is 2. The summed E-state index contributed by atoms with van der Waals surface area (Å²) in [7, 11) is 1.90. The molecule has 2 rings (SSSR count). The van der Waals surface area contributed by atoms with E-state index in [0.717, 1.165) is 22.2 Å². The molecule has 1 N–H and O–H groups in total. The highest BCUT2D eigenvalue weighted by Crippen LogP contribution is 2.21. The minimum atomic E-state index is 0.657. The Labute approximate surface area is 110 Å². The molecule has 2 aromatic rings. The molecule has 2 aromatic heterocycles. The summed E-state index contributed by atoms with van der Waals surface area (Å²) < 4.78 is 0. The second kappa shape index (κ2) is 5.89. The van der Waals surface area contributed by atoms with Crippen molar-refractivity contribution in [3.05, 3.63) is 47.4 Å². The molecule has 0 atom stereocenters. The van der Waals surface area contributed by atoms with Crippen LogP contribution in [0.4, 0.5) is 5.69 Å². The lowest BCUT2D eigenvalue weighted by atomic mass is 10.3. The number of aromatic nitrogens is 2. The SMILES string of the molecule is CNc1ccnc(CSc2ccc(Cl)cn2)c1. The first-order valence-electron chi connectivity index (χ1n) is 5.15. The Bertz CT molecular complexity index is 487. The number of anilines is 1. The van der Waals surface area contributed by atoms with Gasteiger partial charge >= 0.3 is 0 Å². The van der Waals surface area contributed by atoms with Gasteiger partial charge in [-0.3, -0.25) is 4.98 Å². The maximum absolute atomic E-state index is 5.78. The molecule has 3 nitrogen and oxygen atoms in total. The van der Waals surface area contributed by atoms with E-state index in [2.05, 4.69) is 15.3 Å². The van der Waals surface area contributed by atoms with Crippen molar-refractivity contribution in [2.24, 2.45) is 0 Å². The maximum Gasteiger partial charge on any atom is 0.0964 e. The van der Waals surface area contributed by atoms with Gasteiger partial charge in [-0.15, -0.1) is 11.8 Å². The fourth-order valence-electron chi connectivity index (χ4n) is 1.31. The average molecular weight is 266 g/mol. The van der Waals surface area contributed by atoms with Crippen LogP contribution >= 0.6 is 23.4 Å². The van der Waals surface area contributed by atoms with E-state index in [1.54, 1.807) is 24.2 Å². The van der Waals surface area contributed by atoms with Crippen LogP contribution in [0.2, 0.25) is 5.02 Å². The number of hydrogen-bond acceptors (Lipinski definition) is 4. The van der Waals surface area contributed by atoms with Crippen molar-refractivity contribution in [1.82, 2.24) is 9.97 Å². The van der Waals surface area contributed by atoms with Crippen LogP contribution in [0, 0.1) is 0 Å². The van der Waals surface area contributed by atoms with Gasteiger partial charge in [0.2, 0.25) is 0 Å². The van der Waals surface area contributed by atoms with Crippen LogP contribution in [-0.4, -0.2) is 17.0 Å². The zero-order chi connectivity index (χ0) is 12.1. The number of rotatable bonds is 4. The van der Waals surface area contributed by atoms with E-state index in [1.165, 1.54) is 0 Å². The molecule has 0 aromatic carbocycles. The second-order valence-electron chi connectivity index (χ2n) is 3.39. The Morgan fingerprint density at radius 2 is 2.18 bits per heavy atom. The van der Waals surface area contributed by atoms with Crippen LogP contribution in [0.1, 0.15) is 5.69 Å². The van der Waals surface area contributed by atoms with Crippen LogP contribution < -0.4 is 5.32 Å². The first kappa shape index (κ1) is 12.2. The normalized spacial score (nSPS) is 10.2. The van der Waals surface area contributed by atoms with Crippen molar-refractivity contribution in [2.45, 2.75) is 10.8 Å². The van der Waals surface area contributed by atoms with Gasteiger partial charge in [-0.1, -0.05) is 11.6 Å². The van der Waals surface area contributed by atoms with E-state index < -0.39 is 0 Å². The van der Waals surface area contributed by atoms with E-state index in [4.69, 9.17) is 11.6 Å². The van der Waals surface area contributed by atoms with Crippen LogP contribution in [-0.2, 0) is 5.75 Å². The molecule has 0 spiro atoms. The van der Waals surface area contributed by atoms with Crippen molar-refractivity contribution in [2.75, 3.05) is 12.4 Å². The molecule has 0 aliphatic rings. The van der Waals surface area contributed by atoms with Crippen molar-refractivity contribution >= 4 is 29.1 Å². The van der Waals surface area contributed by atoms with Crippen LogP contribution in [0.25, 0.3) is 0 Å². The number of pyridine rings is 2. The Balaban J connectivity index is 1.99. The van der Waals surface area contributed by atoms with Crippen LogP contribution in [0.15, 0.2) is 41.7 Å². The lowest BCUT2D eigenvalue weighted by Gasteiger charge is -2.03. The van der Waals surface area contributed by atoms with Crippen molar-refractivity contribution in [3.63, 3.8) is 0 Å². The van der Waals surface area contributed by atoms with Gasteiger partial charge in [0.05, 0.1) is 15.7 Å². The predicted octanol–water partition coefficient (Wildman–Crippen LogP) is 3.46. The number of nitrogens with one attached hydrogen (secondary N) is 1. The highest BCUT2D eigenvalue weighted by molar-refractivity contribution is 7.98. The summed E-state index contributed by atoms with van der Waals surface area (Å²) in [5.74, 6) is 0.796. The molecule has 0 unspecified atom stereocenters. The average Bonchev–Trinajstić information content (AvgIpc) is 2.38. The monoisotopic (exact) mass is 265 g/mol. The minimum absolute atomic E-state index is 0.657. The maximum atomic E-state index is 5.78. The fraction of sp³-hybridized carbons (Fsp3) is 0.167. The molecule has 17 heavy (non-hydrogen) atoms. The summed E-state index contributed by atoms with van der Waals surface area (Å²) in [5.41, 5.74) is 2.10. The third-order valence-electron chi connectivity index (χ3n) is 2.17. The topological polar surface area (TPSA) is 37.8 Å². The van der Waals surface area contributed by atoms with E-state index in [0.29, 0.717) is 5.02 Å². The predicted molar refractivity (Wildman–Crippen MR) is 72.6 cm³/mol. The third-order valence-corrected chi connectivity index (χ3v) is 3.37. The van der Waals surface area contributed by atoms with Gasteiger partial charge in [-0.05, 0) is 24.3 Å². The smallest absolute Gasteiger partial charge is 0.0964 e. The molecule has 0 aliphatic heterocycles. The molecule has 0 saturated carbocycles. The highest BCUT2D eigenvalue weighted by Gasteiger charge is 2.00. The molecule has 0 radical (unpaired) electrons. The van der Waals surface area contributed by atoms with Crippen LogP contribution in [0.5, 0.6) is 0 Å². The lowest BCUT2D eigenvalue weighted by molar-refractivity contribution is 1.12. The van der Waals surface area contributed by atoms with Gasteiger partial charge in [-0.2, -0.15) is 0 Å². The van der Waals surface area contributed by atoms with Gasteiger partial charge in [0.25, 0.3) is 0 Å². The molecule has 0 fully saturated rings. The Morgan fingerprint density at radius 3 is 2.88 bits per heavy atom. The van der Waals surface area contributed by atoms with Gasteiger partial charge in [0, 0.05) is 30.9 Å². The van der Waals surface area contributed by atoms with Crippen molar-refractivity contribution in [3.8, 4) is 0 Å². The van der Waals surface area contributed by atoms with Crippen molar-refractivity contribution in [1.29, 1.82) is 0 Å². The summed E-state index contributed by atoms with van der Waals surface area (Å²) in [6, 6.07) is 7.72. The summed E-state index contributed by atoms with van der Waals surface area (Å²) in [5, 5.41) is 4.70. The lowest BCUT2D eigenvalue weighted by Crippen LogP contribution is -1.92. The van der Waals surface area contributed by atoms with E-state index in [-0.39, 0.29) is 0 Å². The summed E-state index contributed by atoms with van der Waals surface area (Å²) in [4.78, 5) is 8.53. The first-order chi connectivity index (χ1) is 8.28. The summed E-state index contributed by atoms with van der Waals surface area (Å²) in [6.45, 7) is 0. The number of thioether (sulfide) groups is 1. The second-order valence-corrected chi connectivity index (χ2v) is 4.82. The molecule has 2 heterocycles. The Kier molecular flexibility index (Phi) is 4.23. The molecule has 5 heteroatoms. The largest absolute Gasteiger partial charge is 0.388 e. The minimum Gasteiger partial charge on any atom is -0.388 e. The van der Waals surface area contributed by atoms with Gasteiger partial charge in [0.15, 0.2) is 0 Å². The molecule has 0 bridgehead atoms. The van der Waals surface area contributed by atoms with Crippen molar-refractivity contribution < 1.29 is 0 Å². The molecule has 0 aliphatic carbocycles. The van der Waals surface area contributed by atoms with Crippen LogP contribution in [0.3, 0.4) is 0 Å². The zero-order valence-corrected chi connectivity index (χ0v) is 10.9. The molecular formula is C12H12ClN3S. The molecule has 0 amide bonds. The number of hydrogen-bond donors (Lipinski definition) is 1. The molecular weight excluding hydrogens is 254 g/mol. The van der Waals surface area contributed by atoms with E-state index in [1.807, 2.05) is 31.3 Å². The quantitative estimate of drug-likeness (QED) is 0.859. The van der Waals surface area contributed by atoms with Gasteiger partial charge < -0.3 is 5.32 Å². The third kappa shape index (κ3) is 3.61. The van der Waals surface area contributed by atoms with E-state index >= 15 is 0 Å². The molecule has 88 valence electrons. The summed E-state index contributed by atoms with van der Waals surface area (Å²) >= 11 is 7.42. The van der Waals surface area contributed by atoms with Gasteiger partial charge in [-0.25, -0.2) is 4.98 Å². The zero-order valence-electron chi connectivity index (χ0n) is 9.35. The standard InChI is InChI=1S/C12H12ClN3S/c1-14-10-4-5-15-11(6-10)8-17-12-3-2-9(13)7-16-12/h2-7H,8H2,1H3,(H,14,15).